The lowest BCUT2D eigenvalue weighted by Gasteiger charge is -2.10. The lowest BCUT2D eigenvalue weighted by atomic mass is 9.92. The van der Waals surface area contributed by atoms with Gasteiger partial charge in [0.15, 0.2) is 5.78 Å². The molecule has 7 heteroatoms. The fourth-order valence-corrected chi connectivity index (χ4v) is 3.21. The molecule has 26 heavy (non-hydrogen) atoms. The van der Waals surface area contributed by atoms with Crippen LogP contribution >= 0.6 is 11.3 Å². The summed E-state index contributed by atoms with van der Waals surface area (Å²) in [6.07, 6.45) is 3.88. The molecule has 0 saturated heterocycles. The van der Waals surface area contributed by atoms with Crippen molar-refractivity contribution in [2.45, 2.75) is 39.5 Å². The van der Waals surface area contributed by atoms with E-state index in [0.29, 0.717) is 29.4 Å². The number of pyridine rings is 1. The van der Waals surface area contributed by atoms with Gasteiger partial charge in [-0.05, 0) is 27.7 Å². The molecule has 0 atom stereocenters. The van der Waals surface area contributed by atoms with Crippen molar-refractivity contribution in [2.75, 3.05) is 6.61 Å². The molecule has 3 aromatic rings. The van der Waals surface area contributed by atoms with Gasteiger partial charge in [-0.2, -0.15) is 5.26 Å². The Morgan fingerprint density at radius 2 is 2.15 bits per heavy atom. The third-order valence-corrected chi connectivity index (χ3v) is 4.88. The Bertz CT molecular complexity index is 1010. The average molecular weight is 368 g/mol. The molecule has 0 aliphatic carbocycles. The highest BCUT2D eigenvalue weighted by Gasteiger charge is 2.24. The first-order chi connectivity index (χ1) is 12.3. The van der Waals surface area contributed by atoms with Gasteiger partial charge in [-0.3, -0.25) is 4.79 Å². The summed E-state index contributed by atoms with van der Waals surface area (Å²) in [7, 11) is 0. The fourth-order valence-electron chi connectivity index (χ4n) is 2.60. The van der Waals surface area contributed by atoms with Gasteiger partial charge in [-0.25, -0.2) is 9.97 Å². The zero-order chi connectivity index (χ0) is 18.9. The molecule has 3 aromatic heterocycles. The van der Waals surface area contributed by atoms with Crippen LogP contribution in [-0.4, -0.2) is 26.8 Å². The Hall–Kier alpha value is -2.72. The van der Waals surface area contributed by atoms with Gasteiger partial charge in [-0.1, -0.05) is 0 Å². The number of Topliss-reactive ketones (excluding diaryl/α,β-unsaturated/α-hetero) is 1. The second kappa shape index (κ2) is 6.89. The molecule has 0 saturated carbocycles. The maximum absolute atomic E-state index is 12.6. The van der Waals surface area contributed by atoms with Gasteiger partial charge in [0.25, 0.3) is 0 Å². The van der Waals surface area contributed by atoms with Crippen LogP contribution in [0.15, 0.2) is 23.8 Å². The zero-order valence-corrected chi connectivity index (χ0v) is 16.1. The minimum Gasteiger partial charge on any atom is -0.493 e. The molecule has 0 unspecified atom stereocenters. The number of ketones is 1. The molecule has 0 aliphatic heterocycles. The number of imidazole rings is 1. The fraction of sp³-hybridized carbons (Fsp3) is 0.368. The Morgan fingerprint density at radius 1 is 1.38 bits per heavy atom. The number of rotatable bonds is 6. The summed E-state index contributed by atoms with van der Waals surface area (Å²) >= 11 is 1.46. The number of carbonyl (C=O) groups excluding carboxylic acids is 1. The van der Waals surface area contributed by atoms with Crippen LogP contribution in [0.3, 0.4) is 0 Å². The number of nitrogens with zero attached hydrogens (tertiary/aromatic N) is 4. The number of nitriles is 1. The zero-order valence-electron chi connectivity index (χ0n) is 15.2. The molecule has 0 aromatic carbocycles. The highest BCUT2D eigenvalue weighted by atomic mass is 32.1. The van der Waals surface area contributed by atoms with E-state index in [1.54, 1.807) is 5.38 Å². The third-order valence-electron chi connectivity index (χ3n) is 4.11. The first kappa shape index (κ1) is 18.1. The summed E-state index contributed by atoms with van der Waals surface area (Å²) in [6.45, 7) is 7.92. The molecule has 3 heterocycles. The third kappa shape index (κ3) is 3.46. The largest absolute Gasteiger partial charge is 0.493 e. The van der Waals surface area contributed by atoms with Gasteiger partial charge < -0.3 is 9.14 Å². The van der Waals surface area contributed by atoms with E-state index in [9.17, 15) is 10.1 Å². The van der Waals surface area contributed by atoms with E-state index in [2.05, 4.69) is 16.0 Å². The van der Waals surface area contributed by atoms with Crippen LogP contribution in [0.4, 0.5) is 0 Å². The molecule has 0 aliphatic rings. The van der Waals surface area contributed by atoms with Crippen LogP contribution in [0.5, 0.6) is 5.75 Å². The van der Waals surface area contributed by atoms with Crippen molar-refractivity contribution >= 4 is 22.8 Å². The first-order valence-electron chi connectivity index (χ1n) is 8.35. The minimum atomic E-state index is -0.689. The second-order valence-corrected chi connectivity index (χ2v) is 7.64. The summed E-state index contributed by atoms with van der Waals surface area (Å²) in [4.78, 5) is 21.4. The summed E-state index contributed by atoms with van der Waals surface area (Å²) in [5.74, 6) is 0.583. The number of thiazole rings is 1. The Morgan fingerprint density at radius 3 is 2.77 bits per heavy atom. The van der Waals surface area contributed by atoms with Crippen molar-refractivity contribution in [3.63, 3.8) is 0 Å². The van der Waals surface area contributed by atoms with Crippen LogP contribution in [0.2, 0.25) is 0 Å². The smallest absolute Gasteiger partial charge is 0.186 e. The lowest BCUT2D eigenvalue weighted by molar-refractivity contribution is 0.0987. The summed E-state index contributed by atoms with van der Waals surface area (Å²) in [6, 6.07) is 4.08. The predicted octanol–water partition coefficient (Wildman–Crippen LogP) is 3.72. The van der Waals surface area contributed by atoms with E-state index in [1.807, 2.05) is 50.6 Å². The minimum absolute atomic E-state index is 0.0488. The number of ether oxygens (including phenoxy) is 1. The van der Waals surface area contributed by atoms with Gasteiger partial charge in [0.1, 0.15) is 17.1 Å². The molecule has 0 fully saturated rings. The van der Waals surface area contributed by atoms with E-state index in [4.69, 9.17) is 4.74 Å². The molecule has 0 spiro atoms. The maximum Gasteiger partial charge on any atom is 0.186 e. The van der Waals surface area contributed by atoms with E-state index in [0.717, 1.165) is 10.6 Å². The Balaban J connectivity index is 2.01. The summed E-state index contributed by atoms with van der Waals surface area (Å²) in [5, 5.41) is 12.0. The monoisotopic (exact) mass is 368 g/mol. The highest BCUT2D eigenvalue weighted by Crippen LogP contribution is 2.27. The van der Waals surface area contributed by atoms with Gasteiger partial charge in [0.2, 0.25) is 0 Å². The number of carbonyl (C=O) groups is 1. The van der Waals surface area contributed by atoms with Gasteiger partial charge in [-0.15, -0.1) is 11.3 Å². The maximum atomic E-state index is 12.6. The van der Waals surface area contributed by atoms with Crippen molar-refractivity contribution in [1.29, 1.82) is 5.26 Å². The van der Waals surface area contributed by atoms with E-state index in [-0.39, 0.29) is 12.2 Å². The Kier molecular flexibility index (Phi) is 4.79. The van der Waals surface area contributed by atoms with Crippen molar-refractivity contribution in [3.05, 3.63) is 45.8 Å². The summed E-state index contributed by atoms with van der Waals surface area (Å²) < 4.78 is 7.56. The number of aromatic nitrogens is 3. The molecule has 0 N–H and O–H groups in total. The van der Waals surface area contributed by atoms with Gasteiger partial charge >= 0.3 is 0 Å². The van der Waals surface area contributed by atoms with E-state index >= 15 is 0 Å². The van der Waals surface area contributed by atoms with Crippen LogP contribution in [0.1, 0.15) is 47.5 Å². The van der Waals surface area contributed by atoms with Crippen molar-refractivity contribution in [1.82, 2.24) is 14.4 Å². The number of hydrogen-bond acceptors (Lipinski definition) is 6. The quantitative estimate of drug-likeness (QED) is 0.619. The van der Waals surface area contributed by atoms with E-state index in [1.165, 1.54) is 11.3 Å². The highest BCUT2D eigenvalue weighted by molar-refractivity contribution is 7.09. The van der Waals surface area contributed by atoms with Gasteiger partial charge in [0.05, 0.1) is 28.8 Å². The number of fused-ring (bicyclic) bond motifs is 1. The van der Waals surface area contributed by atoms with Crippen LogP contribution in [0, 0.1) is 18.3 Å². The number of aryl methyl sites for hydroxylation is 1. The lowest BCUT2D eigenvalue weighted by Crippen LogP contribution is -2.14. The van der Waals surface area contributed by atoms with E-state index < -0.39 is 5.41 Å². The standard InChI is InChI=1S/C19H20N4O2S/c1-5-25-16-7-18-22-17(19(3,4)11-20)9-23(18)8-13(16)6-15(24)14-10-26-12(2)21-14/h7-10H,5-6H2,1-4H3. The van der Waals surface area contributed by atoms with Gasteiger partial charge in [0, 0.05) is 35.8 Å². The molecule has 0 amide bonds. The SMILES string of the molecule is CCOc1cc2nc(C(C)(C)C#N)cn2cc1CC(=O)c1csc(C)n1. The molecule has 6 nitrogen and oxygen atoms in total. The summed E-state index contributed by atoms with van der Waals surface area (Å²) in [5.41, 5.74) is 1.93. The van der Waals surface area contributed by atoms with Crippen molar-refractivity contribution < 1.29 is 9.53 Å². The van der Waals surface area contributed by atoms with Crippen LogP contribution in [-0.2, 0) is 11.8 Å². The van der Waals surface area contributed by atoms with Crippen LogP contribution in [0.25, 0.3) is 5.65 Å². The average Bonchev–Trinajstić information content (AvgIpc) is 3.21. The normalized spacial score (nSPS) is 11.5. The van der Waals surface area contributed by atoms with Crippen molar-refractivity contribution in [2.24, 2.45) is 0 Å². The van der Waals surface area contributed by atoms with Crippen LogP contribution < -0.4 is 4.74 Å². The Labute approximate surface area is 156 Å². The molecular formula is C19H20N4O2S. The second-order valence-electron chi connectivity index (χ2n) is 6.58. The predicted molar refractivity (Wildman–Crippen MR) is 99.9 cm³/mol. The van der Waals surface area contributed by atoms with Crippen molar-refractivity contribution in [3.8, 4) is 11.8 Å². The molecule has 0 bridgehead atoms. The number of hydrogen-bond donors (Lipinski definition) is 0. The molecule has 0 radical (unpaired) electrons. The molecular weight excluding hydrogens is 348 g/mol. The molecule has 3 rings (SSSR count). The molecule has 134 valence electrons. The topological polar surface area (TPSA) is 80.3 Å². The first-order valence-corrected chi connectivity index (χ1v) is 9.23.